The number of piperidine rings is 1. The molecule has 0 aromatic heterocycles. The Hall–Kier alpha value is -2.51. The van der Waals surface area contributed by atoms with Gasteiger partial charge >= 0.3 is 5.97 Å². The Morgan fingerprint density at radius 1 is 1.33 bits per heavy atom. The van der Waals surface area contributed by atoms with Gasteiger partial charge in [0.25, 0.3) is 0 Å². The monoisotopic (exact) mass is 298 g/mol. The van der Waals surface area contributed by atoms with E-state index in [1.807, 2.05) is 5.32 Å². The Kier molecular flexibility index (Phi) is 4.15. The summed E-state index contributed by atoms with van der Waals surface area (Å²) >= 11 is 0. The first-order valence-corrected chi connectivity index (χ1v) is 6.16. The van der Waals surface area contributed by atoms with Crippen molar-refractivity contribution in [2.24, 2.45) is 0 Å². The van der Waals surface area contributed by atoms with Gasteiger partial charge in [0.2, 0.25) is 11.8 Å². The van der Waals surface area contributed by atoms with E-state index >= 15 is 0 Å². The van der Waals surface area contributed by atoms with Gasteiger partial charge in [0.15, 0.2) is 0 Å². The molecule has 0 radical (unpaired) electrons. The van der Waals surface area contributed by atoms with Crippen molar-refractivity contribution in [3.63, 3.8) is 0 Å². The van der Waals surface area contributed by atoms with Gasteiger partial charge in [-0.05, 0) is 18.6 Å². The molecule has 1 aliphatic heterocycles. The molecule has 1 saturated heterocycles. The molecule has 1 fully saturated rings. The second kappa shape index (κ2) is 5.86. The van der Waals surface area contributed by atoms with Crippen molar-refractivity contribution < 1.29 is 28.3 Å². The predicted octanol–water partition coefficient (Wildman–Crippen LogP) is 0.982. The standard InChI is InChI=1S/C13H12F2N2O4/c14-8-3-6(16-5-11(19)20)4-9(15)12(8)7-1-2-10(18)17-13(7)21/h3-4,7,16H,1-2,5H2,(H,19,20)(H,17,18,21)/t7-/m1/s1. The van der Waals surface area contributed by atoms with Crippen LogP contribution in [0.15, 0.2) is 12.1 Å². The normalized spacial score (nSPS) is 18.3. The largest absolute Gasteiger partial charge is 0.480 e. The minimum Gasteiger partial charge on any atom is -0.480 e. The van der Waals surface area contributed by atoms with Crippen LogP contribution in [-0.2, 0) is 14.4 Å². The van der Waals surface area contributed by atoms with E-state index in [0.717, 1.165) is 12.1 Å². The molecule has 2 amide bonds. The zero-order valence-electron chi connectivity index (χ0n) is 10.8. The van der Waals surface area contributed by atoms with Gasteiger partial charge in [-0.25, -0.2) is 8.78 Å². The van der Waals surface area contributed by atoms with Crippen molar-refractivity contribution in [2.75, 3.05) is 11.9 Å². The first-order valence-electron chi connectivity index (χ1n) is 6.16. The summed E-state index contributed by atoms with van der Waals surface area (Å²) in [6, 6.07) is 1.84. The molecular weight excluding hydrogens is 286 g/mol. The zero-order valence-corrected chi connectivity index (χ0v) is 10.8. The summed E-state index contributed by atoms with van der Waals surface area (Å²) in [6.45, 7) is -0.489. The summed E-state index contributed by atoms with van der Waals surface area (Å²) in [5, 5.41) is 12.9. The molecule has 0 saturated carbocycles. The number of halogens is 2. The van der Waals surface area contributed by atoms with E-state index in [4.69, 9.17) is 5.11 Å². The van der Waals surface area contributed by atoms with E-state index in [9.17, 15) is 23.2 Å². The molecule has 0 aliphatic carbocycles. The molecule has 1 aromatic carbocycles. The van der Waals surface area contributed by atoms with E-state index < -0.39 is 47.4 Å². The molecule has 0 spiro atoms. The third-order valence-electron chi connectivity index (χ3n) is 3.11. The molecule has 112 valence electrons. The molecule has 1 atom stereocenters. The number of aliphatic carboxylic acids is 1. The van der Waals surface area contributed by atoms with Crippen LogP contribution in [0.2, 0.25) is 0 Å². The van der Waals surface area contributed by atoms with Crippen LogP contribution in [0.4, 0.5) is 14.5 Å². The van der Waals surface area contributed by atoms with Crippen LogP contribution < -0.4 is 10.6 Å². The first kappa shape index (κ1) is 14.9. The van der Waals surface area contributed by atoms with Gasteiger partial charge in [-0.1, -0.05) is 0 Å². The van der Waals surface area contributed by atoms with Crippen LogP contribution in [0, 0.1) is 11.6 Å². The molecule has 0 unspecified atom stereocenters. The molecule has 1 aromatic rings. The van der Waals surface area contributed by atoms with Crippen molar-refractivity contribution >= 4 is 23.5 Å². The van der Waals surface area contributed by atoms with Crippen molar-refractivity contribution in [3.05, 3.63) is 29.3 Å². The number of imide groups is 1. The van der Waals surface area contributed by atoms with Gasteiger partial charge in [-0.3, -0.25) is 19.7 Å². The highest BCUT2D eigenvalue weighted by molar-refractivity contribution is 6.01. The quantitative estimate of drug-likeness (QED) is 0.720. The lowest BCUT2D eigenvalue weighted by Crippen LogP contribution is -2.40. The SMILES string of the molecule is O=C(O)CNc1cc(F)c([C@H]2CCC(=O)NC2=O)c(F)c1. The van der Waals surface area contributed by atoms with Gasteiger partial charge < -0.3 is 10.4 Å². The molecule has 8 heteroatoms. The number of rotatable bonds is 4. The Morgan fingerprint density at radius 3 is 2.48 bits per heavy atom. The minimum atomic E-state index is -1.18. The molecule has 1 heterocycles. The number of carboxylic acids is 1. The number of carbonyl (C=O) groups excluding carboxylic acids is 2. The van der Waals surface area contributed by atoms with Gasteiger partial charge in [-0.15, -0.1) is 0 Å². The van der Waals surface area contributed by atoms with Gasteiger partial charge in [0.05, 0.1) is 5.92 Å². The molecule has 21 heavy (non-hydrogen) atoms. The molecule has 6 nitrogen and oxygen atoms in total. The van der Waals surface area contributed by atoms with Crippen molar-refractivity contribution in [1.29, 1.82) is 0 Å². The number of nitrogens with one attached hydrogen (secondary N) is 2. The van der Waals surface area contributed by atoms with E-state index in [1.54, 1.807) is 0 Å². The summed E-state index contributed by atoms with van der Waals surface area (Å²) in [6.07, 6.45) is 0.0364. The zero-order chi connectivity index (χ0) is 15.6. The molecule has 1 aliphatic rings. The van der Waals surface area contributed by atoms with E-state index in [-0.39, 0.29) is 18.5 Å². The lowest BCUT2D eigenvalue weighted by molar-refractivity contribution is -0.135. The highest BCUT2D eigenvalue weighted by Crippen LogP contribution is 2.31. The Bertz CT molecular complexity index is 595. The number of hydrogen-bond acceptors (Lipinski definition) is 4. The predicted molar refractivity (Wildman–Crippen MR) is 67.6 cm³/mol. The maximum absolute atomic E-state index is 14.0. The lowest BCUT2D eigenvalue weighted by Gasteiger charge is -2.22. The van der Waals surface area contributed by atoms with Crippen molar-refractivity contribution in [2.45, 2.75) is 18.8 Å². The average Bonchev–Trinajstić information content (AvgIpc) is 2.38. The molecule has 0 bridgehead atoms. The van der Waals surface area contributed by atoms with Crippen molar-refractivity contribution in [1.82, 2.24) is 5.32 Å². The first-order chi connectivity index (χ1) is 9.88. The summed E-state index contributed by atoms with van der Waals surface area (Å²) in [4.78, 5) is 33.1. The summed E-state index contributed by atoms with van der Waals surface area (Å²) in [5.74, 6) is -5.39. The van der Waals surface area contributed by atoms with Crippen LogP contribution in [0.3, 0.4) is 0 Å². The van der Waals surface area contributed by atoms with Crippen LogP contribution in [0.25, 0.3) is 0 Å². The Balaban J connectivity index is 2.26. The highest BCUT2D eigenvalue weighted by atomic mass is 19.1. The molecule has 2 rings (SSSR count). The summed E-state index contributed by atoms with van der Waals surface area (Å²) in [7, 11) is 0. The fourth-order valence-corrected chi connectivity index (χ4v) is 2.17. The van der Waals surface area contributed by atoms with Gasteiger partial charge in [0, 0.05) is 17.7 Å². The summed E-state index contributed by atoms with van der Waals surface area (Å²) in [5.41, 5.74) is -0.454. The Morgan fingerprint density at radius 2 is 1.95 bits per heavy atom. The molecular formula is C13H12F2N2O4. The third-order valence-corrected chi connectivity index (χ3v) is 3.11. The minimum absolute atomic E-state index is 0.00824. The fraction of sp³-hybridized carbons (Fsp3) is 0.308. The smallest absolute Gasteiger partial charge is 0.322 e. The number of carboxylic acid groups (broad SMARTS) is 1. The lowest BCUT2D eigenvalue weighted by atomic mass is 9.89. The maximum atomic E-state index is 14.0. The van der Waals surface area contributed by atoms with Crippen LogP contribution in [0.5, 0.6) is 0 Å². The Labute approximate surface area is 118 Å². The number of benzene rings is 1. The van der Waals surface area contributed by atoms with Gasteiger partial charge in [-0.2, -0.15) is 0 Å². The average molecular weight is 298 g/mol. The van der Waals surface area contributed by atoms with Crippen LogP contribution in [0.1, 0.15) is 24.3 Å². The second-order valence-corrected chi connectivity index (χ2v) is 4.60. The van der Waals surface area contributed by atoms with Gasteiger partial charge in [0.1, 0.15) is 18.2 Å². The van der Waals surface area contributed by atoms with Crippen molar-refractivity contribution in [3.8, 4) is 0 Å². The topological polar surface area (TPSA) is 95.5 Å². The third kappa shape index (κ3) is 3.33. The fourth-order valence-electron chi connectivity index (χ4n) is 2.17. The number of anilines is 1. The maximum Gasteiger partial charge on any atom is 0.322 e. The molecule has 3 N–H and O–H groups in total. The number of amides is 2. The summed E-state index contributed by atoms with van der Waals surface area (Å²) < 4.78 is 28.0. The second-order valence-electron chi connectivity index (χ2n) is 4.60. The highest BCUT2D eigenvalue weighted by Gasteiger charge is 2.32. The number of carbonyl (C=O) groups is 3. The van der Waals surface area contributed by atoms with E-state index in [0.29, 0.717) is 0 Å². The van der Waals surface area contributed by atoms with Crippen LogP contribution >= 0.6 is 0 Å². The van der Waals surface area contributed by atoms with Crippen LogP contribution in [-0.4, -0.2) is 29.4 Å². The van der Waals surface area contributed by atoms with E-state index in [1.165, 1.54) is 0 Å². The number of hydrogen-bond donors (Lipinski definition) is 3. The van der Waals surface area contributed by atoms with E-state index in [2.05, 4.69) is 5.32 Å².